The summed E-state index contributed by atoms with van der Waals surface area (Å²) < 4.78 is 1.76. The smallest absolute Gasteiger partial charge is 0.323 e. The predicted octanol–water partition coefficient (Wildman–Crippen LogP) is 1.34. The molecule has 0 aromatic carbocycles. The van der Waals surface area contributed by atoms with E-state index in [1.807, 2.05) is 0 Å². The highest BCUT2D eigenvalue weighted by atomic mass is 16.4. The first-order chi connectivity index (χ1) is 7.08. The Hall–Kier alpha value is -1.32. The molecule has 4 nitrogen and oxygen atoms in total. The number of carboxylic acid groups (broad SMARTS) is 1. The van der Waals surface area contributed by atoms with Crippen LogP contribution in [-0.4, -0.2) is 20.6 Å². The third-order valence-corrected chi connectivity index (χ3v) is 3.34. The topological polar surface area (TPSA) is 55.1 Å². The molecule has 0 saturated carbocycles. The van der Waals surface area contributed by atoms with Crippen LogP contribution in [0.1, 0.15) is 25.2 Å². The van der Waals surface area contributed by atoms with Crippen molar-refractivity contribution in [2.24, 2.45) is 11.8 Å². The van der Waals surface area contributed by atoms with Crippen LogP contribution in [0, 0.1) is 11.8 Å². The molecule has 0 spiro atoms. The molecule has 0 fully saturated rings. The molecule has 1 aromatic rings. The van der Waals surface area contributed by atoms with Gasteiger partial charge in [-0.2, -0.15) is 0 Å². The number of imidazole rings is 1. The highest BCUT2D eigenvalue weighted by Gasteiger charge is 2.25. The Labute approximate surface area is 88.9 Å². The highest BCUT2D eigenvalue weighted by molar-refractivity contribution is 5.66. The van der Waals surface area contributed by atoms with Crippen molar-refractivity contribution in [3.63, 3.8) is 0 Å². The molecule has 0 bridgehead atoms. The van der Waals surface area contributed by atoms with E-state index in [2.05, 4.69) is 18.8 Å². The van der Waals surface area contributed by atoms with E-state index in [4.69, 9.17) is 5.11 Å². The zero-order chi connectivity index (χ0) is 11.0. The molecule has 15 heavy (non-hydrogen) atoms. The van der Waals surface area contributed by atoms with E-state index >= 15 is 0 Å². The standard InChI is InChI=1S/C11H16N2O2/c1-7-3-9-10(4-8(7)2)13(6-12-9)5-11(14)15/h6-8H,3-5H2,1-2H3,(H,14,15). The number of hydrogen-bond donors (Lipinski definition) is 1. The first-order valence-electron chi connectivity index (χ1n) is 5.32. The SMILES string of the molecule is CC1Cc2ncn(CC(=O)O)c2CC1C. The third-order valence-electron chi connectivity index (χ3n) is 3.34. The number of aliphatic carboxylic acids is 1. The zero-order valence-corrected chi connectivity index (χ0v) is 9.10. The van der Waals surface area contributed by atoms with Gasteiger partial charge in [0.2, 0.25) is 0 Å². The van der Waals surface area contributed by atoms with Crippen LogP contribution in [0.25, 0.3) is 0 Å². The summed E-state index contributed by atoms with van der Waals surface area (Å²) in [5, 5.41) is 8.76. The Morgan fingerprint density at radius 3 is 2.87 bits per heavy atom. The molecule has 1 heterocycles. The number of carbonyl (C=O) groups is 1. The predicted molar refractivity (Wildman–Crippen MR) is 55.6 cm³/mol. The number of fused-ring (bicyclic) bond motifs is 1. The average molecular weight is 208 g/mol. The summed E-state index contributed by atoms with van der Waals surface area (Å²) in [5.41, 5.74) is 2.20. The van der Waals surface area contributed by atoms with Gasteiger partial charge in [-0.25, -0.2) is 4.98 Å². The molecule has 1 N–H and O–H groups in total. The van der Waals surface area contributed by atoms with Gasteiger partial charge in [-0.3, -0.25) is 4.79 Å². The Bertz CT molecular complexity index is 384. The number of nitrogens with zero attached hydrogens (tertiary/aromatic N) is 2. The minimum atomic E-state index is -0.804. The molecule has 1 aliphatic rings. The molecular formula is C11H16N2O2. The minimum absolute atomic E-state index is 0.0312. The number of hydrogen-bond acceptors (Lipinski definition) is 2. The van der Waals surface area contributed by atoms with E-state index in [1.165, 1.54) is 0 Å². The van der Waals surface area contributed by atoms with Gasteiger partial charge >= 0.3 is 5.97 Å². The number of carboxylic acids is 1. The van der Waals surface area contributed by atoms with Crippen molar-refractivity contribution < 1.29 is 9.90 Å². The Morgan fingerprint density at radius 2 is 2.20 bits per heavy atom. The van der Waals surface area contributed by atoms with E-state index in [1.54, 1.807) is 10.9 Å². The normalized spacial score (nSPS) is 24.9. The average Bonchev–Trinajstić information content (AvgIpc) is 2.49. The van der Waals surface area contributed by atoms with E-state index in [0.717, 1.165) is 24.2 Å². The van der Waals surface area contributed by atoms with Crippen molar-refractivity contribution in [2.75, 3.05) is 0 Å². The third kappa shape index (κ3) is 1.89. The first kappa shape index (κ1) is 10.2. The maximum atomic E-state index is 10.6. The van der Waals surface area contributed by atoms with Crippen LogP contribution >= 0.6 is 0 Å². The van der Waals surface area contributed by atoms with E-state index in [-0.39, 0.29) is 6.54 Å². The molecule has 2 atom stereocenters. The van der Waals surface area contributed by atoms with Crippen LogP contribution in [0.2, 0.25) is 0 Å². The van der Waals surface area contributed by atoms with E-state index in [0.29, 0.717) is 11.8 Å². The molecule has 0 aliphatic heterocycles. The summed E-state index contributed by atoms with van der Waals surface area (Å²) in [6.07, 6.45) is 3.58. The fourth-order valence-electron chi connectivity index (χ4n) is 2.15. The highest BCUT2D eigenvalue weighted by Crippen LogP contribution is 2.28. The molecule has 2 rings (SSSR count). The lowest BCUT2D eigenvalue weighted by Crippen LogP contribution is -2.23. The van der Waals surface area contributed by atoms with Crippen LogP contribution in [-0.2, 0) is 24.2 Å². The fraction of sp³-hybridized carbons (Fsp3) is 0.636. The minimum Gasteiger partial charge on any atom is -0.480 e. The van der Waals surface area contributed by atoms with Crippen molar-refractivity contribution in [3.8, 4) is 0 Å². The van der Waals surface area contributed by atoms with Crippen molar-refractivity contribution >= 4 is 5.97 Å². The van der Waals surface area contributed by atoms with Crippen molar-refractivity contribution in [2.45, 2.75) is 33.2 Å². The molecule has 0 radical (unpaired) electrons. The lowest BCUT2D eigenvalue weighted by molar-refractivity contribution is -0.137. The molecule has 0 amide bonds. The quantitative estimate of drug-likeness (QED) is 0.798. The monoisotopic (exact) mass is 208 g/mol. The van der Waals surface area contributed by atoms with Crippen LogP contribution in [0.4, 0.5) is 0 Å². The molecule has 82 valence electrons. The molecule has 1 aliphatic carbocycles. The van der Waals surface area contributed by atoms with Crippen LogP contribution in [0.3, 0.4) is 0 Å². The molecule has 1 aromatic heterocycles. The fourth-order valence-corrected chi connectivity index (χ4v) is 2.15. The van der Waals surface area contributed by atoms with Gasteiger partial charge in [0.15, 0.2) is 0 Å². The van der Waals surface area contributed by atoms with Gasteiger partial charge in [0.05, 0.1) is 12.0 Å². The first-order valence-corrected chi connectivity index (χ1v) is 5.32. The summed E-state index contributed by atoms with van der Waals surface area (Å²) in [7, 11) is 0. The molecular weight excluding hydrogens is 192 g/mol. The summed E-state index contributed by atoms with van der Waals surface area (Å²) in [5.74, 6) is 0.453. The maximum Gasteiger partial charge on any atom is 0.323 e. The second kappa shape index (κ2) is 3.68. The van der Waals surface area contributed by atoms with Crippen molar-refractivity contribution in [1.29, 1.82) is 0 Å². The maximum absolute atomic E-state index is 10.6. The van der Waals surface area contributed by atoms with Gasteiger partial charge in [-0.05, 0) is 24.7 Å². The molecule has 0 saturated heterocycles. The number of aromatic nitrogens is 2. The van der Waals surface area contributed by atoms with Crippen LogP contribution in [0.5, 0.6) is 0 Å². The van der Waals surface area contributed by atoms with Gasteiger partial charge in [0.1, 0.15) is 6.54 Å². The van der Waals surface area contributed by atoms with Gasteiger partial charge in [-0.15, -0.1) is 0 Å². The Morgan fingerprint density at radius 1 is 1.53 bits per heavy atom. The summed E-state index contributed by atoms with van der Waals surface area (Å²) in [6.45, 7) is 4.47. The second-order valence-corrected chi connectivity index (χ2v) is 4.52. The number of rotatable bonds is 2. The largest absolute Gasteiger partial charge is 0.480 e. The van der Waals surface area contributed by atoms with E-state index < -0.39 is 5.97 Å². The van der Waals surface area contributed by atoms with E-state index in [9.17, 15) is 4.79 Å². The Balaban J connectivity index is 2.27. The Kier molecular flexibility index (Phi) is 2.50. The lowest BCUT2D eigenvalue weighted by Gasteiger charge is -2.25. The van der Waals surface area contributed by atoms with Crippen molar-refractivity contribution in [3.05, 3.63) is 17.7 Å². The van der Waals surface area contributed by atoms with Gasteiger partial charge in [0.25, 0.3) is 0 Å². The lowest BCUT2D eigenvalue weighted by atomic mass is 9.82. The zero-order valence-electron chi connectivity index (χ0n) is 9.10. The summed E-state index contributed by atoms with van der Waals surface area (Å²) in [6, 6.07) is 0. The summed E-state index contributed by atoms with van der Waals surface area (Å²) >= 11 is 0. The van der Waals surface area contributed by atoms with Crippen molar-refractivity contribution in [1.82, 2.24) is 9.55 Å². The summed E-state index contributed by atoms with van der Waals surface area (Å²) in [4.78, 5) is 14.9. The second-order valence-electron chi connectivity index (χ2n) is 4.52. The van der Waals surface area contributed by atoms with Crippen LogP contribution in [0.15, 0.2) is 6.33 Å². The van der Waals surface area contributed by atoms with Gasteiger partial charge in [-0.1, -0.05) is 13.8 Å². The molecule has 2 unspecified atom stereocenters. The van der Waals surface area contributed by atoms with Gasteiger partial charge in [0, 0.05) is 5.69 Å². The van der Waals surface area contributed by atoms with Crippen LogP contribution < -0.4 is 0 Å². The molecule has 4 heteroatoms. The van der Waals surface area contributed by atoms with Gasteiger partial charge < -0.3 is 9.67 Å².